The summed E-state index contributed by atoms with van der Waals surface area (Å²) in [7, 11) is -3.30. The lowest BCUT2D eigenvalue weighted by Crippen LogP contribution is -2.16. The normalized spacial score (nSPS) is 11.9. The highest BCUT2D eigenvalue weighted by atomic mass is 32.2. The quantitative estimate of drug-likeness (QED) is 0.271. The van der Waals surface area contributed by atoms with Gasteiger partial charge in [-0.25, -0.2) is 27.9 Å². The molecule has 0 radical (unpaired) electrons. The number of ether oxygens (including phenoxy) is 1. The van der Waals surface area contributed by atoms with Gasteiger partial charge in [0.05, 0.1) is 33.8 Å². The topological polar surface area (TPSA) is 185 Å². The van der Waals surface area contributed by atoms with E-state index in [1.54, 1.807) is 34.8 Å². The third-order valence-corrected chi connectivity index (χ3v) is 7.65. The molecule has 5 rings (SSSR count). The van der Waals surface area contributed by atoms with Gasteiger partial charge in [-0.1, -0.05) is 12.1 Å². The van der Waals surface area contributed by atoms with Crippen molar-refractivity contribution in [2.45, 2.75) is 31.4 Å². The summed E-state index contributed by atoms with van der Waals surface area (Å²) in [6.07, 6.45) is 4.24. The molecule has 42 heavy (non-hydrogen) atoms. The van der Waals surface area contributed by atoms with Crippen molar-refractivity contribution in [3.8, 4) is 29.1 Å². The lowest BCUT2D eigenvalue weighted by atomic mass is 10.1. The molecular weight excluding hydrogens is 554 g/mol. The van der Waals surface area contributed by atoms with E-state index in [9.17, 15) is 18.9 Å². The van der Waals surface area contributed by atoms with Crippen molar-refractivity contribution in [3.05, 3.63) is 89.1 Å². The molecule has 0 fully saturated rings. The van der Waals surface area contributed by atoms with Crippen molar-refractivity contribution in [2.24, 2.45) is 0 Å². The van der Waals surface area contributed by atoms with Crippen LogP contribution < -0.4 is 15.8 Å². The van der Waals surface area contributed by atoms with Crippen LogP contribution in [0.2, 0.25) is 0 Å². The third kappa shape index (κ3) is 5.68. The highest BCUT2D eigenvalue weighted by molar-refractivity contribution is 7.90. The van der Waals surface area contributed by atoms with Crippen LogP contribution in [0.1, 0.15) is 41.0 Å². The van der Waals surface area contributed by atoms with E-state index < -0.39 is 15.9 Å². The average Bonchev–Trinajstić information content (AvgIpc) is 3.35. The van der Waals surface area contributed by atoms with E-state index in [1.807, 2.05) is 32.2 Å². The number of nitrogens with zero attached hydrogens (tertiary/aromatic N) is 7. The minimum Gasteiger partial charge on any atom is -0.489 e. The Labute approximate surface area is 242 Å². The third-order valence-electron chi connectivity index (χ3n) is 6.52. The second kappa shape index (κ2) is 11.2. The number of nitrogen functional groups attached to an aromatic ring is 1. The molecule has 0 spiro atoms. The molecule has 0 saturated heterocycles. The summed E-state index contributed by atoms with van der Waals surface area (Å²) >= 11 is 0. The SMILES string of the molecule is Cc1ccn2nc(C(C)Nc3ncnc(N)c3C#N)nc(-c3cc(C#N)cc(OCc4ccc(S(C)(=O)=O)cc4)c3)c12. The van der Waals surface area contributed by atoms with E-state index in [1.165, 1.54) is 18.5 Å². The van der Waals surface area contributed by atoms with Gasteiger partial charge in [-0.05, 0) is 61.4 Å². The van der Waals surface area contributed by atoms with Gasteiger partial charge in [-0.15, -0.1) is 0 Å². The van der Waals surface area contributed by atoms with E-state index in [4.69, 9.17) is 15.5 Å². The smallest absolute Gasteiger partial charge is 0.175 e. The first-order chi connectivity index (χ1) is 20.1. The van der Waals surface area contributed by atoms with Crippen molar-refractivity contribution in [1.29, 1.82) is 10.5 Å². The fourth-order valence-corrected chi connectivity index (χ4v) is 4.98. The Hall–Kier alpha value is -5.53. The lowest BCUT2D eigenvalue weighted by Gasteiger charge is -2.17. The van der Waals surface area contributed by atoms with Gasteiger partial charge in [-0.2, -0.15) is 15.6 Å². The Bertz CT molecular complexity index is 2010. The first kappa shape index (κ1) is 28.0. The number of sulfone groups is 1. The number of rotatable bonds is 8. The molecular formula is C29H25N9O3S. The van der Waals surface area contributed by atoms with E-state index >= 15 is 0 Å². The van der Waals surface area contributed by atoms with E-state index in [0.717, 1.165) is 22.9 Å². The minimum atomic E-state index is -3.30. The Balaban J connectivity index is 1.51. The molecule has 13 heteroatoms. The Kier molecular flexibility index (Phi) is 7.44. The summed E-state index contributed by atoms with van der Waals surface area (Å²) in [5, 5.41) is 27.1. The summed E-state index contributed by atoms with van der Waals surface area (Å²) in [6, 6.07) is 17.2. The second-order valence-corrected chi connectivity index (χ2v) is 11.6. The molecule has 210 valence electrons. The van der Waals surface area contributed by atoms with E-state index in [-0.39, 0.29) is 28.7 Å². The largest absolute Gasteiger partial charge is 0.489 e. The molecule has 0 aliphatic rings. The highest BCUT2D eigenvalue weighted by Gasteiger charge is 2.20. The number of fused-ring (bicyclic) bond motifs is 1. The molecule has 3 N–H and O–H groups in total. The van der Waals surface area contributed by atoms with E-state index in [0.29, 0.717) is 28.4 Å². The summed E-state index contributed by atoms with van der Waals surface area (Å²) in [4.78, 5) is 13.1. The number of hydrogen-bond acceptors (Lipinski definition) is 11. The van der Waals surface area contributed by atoms with Gasteiger partial charge in [0.15, 0.2) is 15.7 Å². The van der Waals surface area contributed by atoms with E-state index in [2.05, 4.69) is 26.5 Å². The molecule has 3 heterocycles. The van der Waals surface area contributed by atoms with Crippen LogP contribution in [0.15, 0.2) is 66.0 Å². The van der Waals surface area contributed by atoms with Crippen LogP contribution in [-0.4, -0.2) is 39.2 Å². The van der Waals surface area contributed by atoms with Crippen LogP contribution >= 0.6 is 0 Å². The van der Waals surface area contributed by atoms with Gasteiger partial charge in [-0.3, -0.25) is 0 Å². The predicted octanol–water partition coefficient (Wildman–Crippen LogP) is 3.98. The van der Waals surface area contributed by atoms with Crippen LogP contribution in [0.25, 0.3) is 16.8 Å². The summed E-state index contributed by atoms with van der Waals surface area (Å²) < 4.78 is 31.3. The maximum absolute atomic E-state index is 11.8. The number of nitrogens with one attached hydrogen (secondary N) is 1. The molecule has 3 aromatic heterocycles. The van der Waals surface area contributed by atoms with Crippen LogP contribution in [0.3, 0.4) is 0 Å². The van der Waals surface area contributed by atoms with Crippen LogP contribution in [-0.2, 0) is 16.4 Å². The zero-order valence-corrected chi connectivity index (χ0v) is 23.7. The zero-order valence-electron chi connectivity index (χ0n) is 22.9. The first-order valence-electron chi connectivity index (χ1n) is 12.7. The molecule has 5 aromatic rings. The summed E-state index contributed by atoms with van der Waals surface area (Å²) in [5.41, 5.74) is 10.0. The van der Waals surface area contributed by atoms with Gasteiger partial charge in [0.1, 0.15) is 42.0 Å². The fourth-order valence-electron chi connectivity index (χ4n) is 4.35. The van der Waals surface area contributed by atoms with Gasteiger partial charge < -0.3 is 15.8 Å². The van der Waals surface area contributed by atoms with Crippen molar-refractivity contribution in [1.82, 2.24) is 24.6 Å². The minimum absolute atomic E-state index is 0.0625. The number of aryl methyl sites for hydroxylation is 1. The van der Waals surface area contributed by atoms with Crippen LogP contribution in [0.5, 0.6) is 5.75 Å². The molecule has 0 saturated carbocycles. The summed E-state index contributed by atoms with van der Waals surface area (Å²) in [6.45, 7) is 3.94. The van der Waals surface area contributed by atoms with Gasteiger partial charge in [0.25, 0.3) is 0 Å². The number of anilines is 2. The molecule has 2 aromatic carbocycles. The van der Waals surface area contributed by atoms with Gasteiger partial charge in [0, 0.05) is 18.0 Å². The highest BCUT2D eigenvalue weighted by Crippen LogP contribution is 2.31. The van der Waals surface area contributed by atoms with Crippen molar-refractivity contribution >= 4 is 27.0 Å². The lowest BCUT2D eigenvalue weighted by molar-refractivity contribution is 0.306. The van der Waals surface area contributed by atoms with Crippen molar-refractivity contribution in [3.63, 3.8) is 0 Å². The standard InChI is InChI=1S/C29H25N9O3S/c1-17-8-9-38-26(17)25(36-28(37-38)18(2)35-29-24(14-31)27(32)33-16-34-29)21-10-20(13-30)11-22(12-21)41-15-19-4-6-23(7-5-19)42(3,39)40/h4-12,16,18H,15H2,1-3H3,(H3,32,33,34,35). The maximum atomic E-state index is 11.8. The first-order valence-corrected chi connectivity index (χ1v) is 14.6. The van der Waals surface area contributed by atoms with Crippen molar-refractivity contribution < 1.29 is 13.2 Å². The zero-order chi connectivity index (χ0) is 30.0. The summed E-state index contributed by atoms with van der Waals surface area (Å²) in [5.74, 6) is 1.18. The predicted molar refractivity (Wildman–Crippen MR) is 155 cm³/mol. The molecule has 0 aliphatic carbocycles. The van der Waals surface area contributed by atoms with Crippen LogP contribution in [0.4, 0.5) is 11.6 Å². The number of nitrogens with two attached hydrogens (primary N) is 1. The van der Waals surface area contributed by atoms with Crippen molar-refractivity contribution in [2.75, 3.05) is 17.3 Å². The molecule has 0 amide bonds. The number of benzene rings is 2. The average molecular weight is 580 g/mol. The molecule has 1 atom stereocenters. The second-order valence-electron chi connectivity index (χ2n) is 9.63. The van der Waals surface area contributed by atoms with Gasteiger partial charge in [0.2, 0.25) is 0 Å². The fraction of sp³-hybridized carbons (Fsp3) is 0.172. The number of hydrogen-bond donors (Lipinski definition) is 2. The van der Waals surface area contributed by atoms with Crippen LogP contribution in [0, 0.1) is 29.6 Å². The number of nitriles is 2. The monoisotopic (exact) mass is 579 g/mol. The Morgan fingerprint density at radius 3 is 2.55 bits per heavy atom. The number of aromatic nitrogens is 5. The maximum Gasteiger partial charge on any atom is 0.175 e. The molecule has 12 nitrogen and oxygen atoms in total. The molecule has 1 unspecified atom stereocenters. The molecule has 0 aliphatic heterocycles. The molecule has 0 bridgehead atoms. The Morgan fingerprint density at radius 2 is 1.86 bits per heavy atom. The Morgan fingerprint density at radius 1 is 1.10 bits per heavy atom. The van der Waals surface area contributed by atoms with Gasteiger partial charge >= 0.3 is 0 Å².